The van der Waals surface area contributed by atoms with E-state index in [-0.39, 0.29) is 5.91 Å². The molecule has 0 saturated carbocycles. The van der Waals surface area contributed by atoms with Gasteiger partial charge in [0.15, 0.2) is 0 Å². The van der Waals surface area contributed by atoms with E-state index in [1.807, 2.05) is 58.3 Å². The first-order chi connectivity index (χ1) is 11.4. The fourth-order valence-electron chi connectivity index (χ4n) is 2.66. The van der Waals surface area contributed by atoms with Gasteiger partial charge < -0.3 is 15.0 Å². The van der Waals surface area contributed by atoms with Gasteiger partial charge in [-0.15, -0.1) is 0 Å². The Morgan fingerprint density at radius 3 is 2.67 bits per heavy atom. The maximum absolute atomic E-state index is 12.4. The Bertz CT molecular complexity index is 727. The van der Waals surface area contributed by atoms with Crippen LogP contribution in [-0.2, 0) is 13.1 Å². The summed E-state index contributed by atoms with van der Waals surface area (Å²) in [5.74, 6) is 0.465. The zero-order chi connectivity index (χ0) is 17.7. The van der Waals surface area contributed by atoms with E-state index in [1.54, 1.807) is 7.11 Å². The number of nitrogens with zero attached hydrogens (tertiary/aromatic N) is 2. The lowest BCUT2D eigenvalue weighted by Crippen LogP contribution is -2.24. The Labute approximate surface area is 143 Å². The van der Waals surface area contributed by atoms with Gasteiger partial charge in [-0.2, -0.15) is 0 Å². The molecule has 0 bridgehead atoms. The van der Waals surface area contributed by atoms with Crippen LogP contribution in [-0.4, -0.2) is 37.0 Å². The number of aromatic nitrogens is 1. The van der Waals surface area contributed by atoms with E-state index in [0.29, 0.717) is 18.0 Å². The number of pyridine rings is 1. The summed E-state index contributed by atoms with van der Waals surface area (Å²) in [5, 5.41) is 2.96. The number of rotatable bonds is 6. The van der Waals surface area contributed by atoms with Gasteiger partial charge in [-0.25, -0.2) is 4.98 Å². The molecular weight excluding hydrogens is 302 g/mol. The summed E-state index contributed by atoms with van der Waals surface area (Å²) in [6, 6.07) is 9.67. The van der Waals surface area contributed by atoms with Gasteiger partial charge in [-0.05, 0) is 57.3 Å². The summed E-state index contributed by atoms with van der Waals surface area (Å²) in [6.45, 7) is 5.11. The van der Waals surface area contributed by atoms with Crippen molar-refractivity contribution in [2.75, 3.05) is 21.2 Å². The number of ether oxygens (including phenoxy) is 1. The van der Waals surface area contributed by atoms with Crippen LogP contribution >= 0.6 is 0 Å². The van der Waals surface area contributed by atoms with Crippen molar-refractivity contribution in [1.29, 1.82) is 0 Å². The lowest BCUT2D eigenvalue weighted by molar-refractivity contribution is 0.0950. The van der Waals surface area contributed by atoms with Crippen LogP contribution in [0, 0.1) is 13.8 Å². The van der Waals surface area contributed by atoms with Crippen LogP contribution in [0.2, 0.25) is 0 Å². The molecule has 1 aromatic heterocycles. The van der Waals surface area contributed by atoms with Gasteiger partial charge in [0, 0.05) is 29.9 Å². The SMILES string of the molecule is COc1nc(C)cc(C)c1CNC(=O)c1cccc(CN(C)C)c1. The van der Waals surface area contributed by atoms with E-state index >= 15 is 0 Å². The zero-order valence-corrected chi connectivity index (χ0v) is 15.0. The molecule has 24 heavy (non-hydrogen) atoms. The van der Waals surface area contributed by atoms with Crippen molar-refractivity contribution in [3.63, 3.8) is 0 Å². The summed E-state index contributed by atoms with van der Waals surface area (Å²) in [6.07, 6.45) is 0. The molecule has 0 spiro atoms. The quantitative estimate of drug-likeness (QED) is 0.886. The van der Waals surface area contributed by atoms with Crippen LogP contribution < -0.4 is 10.1 Å². The molecule has 0 saturated heterocycles. The van der Waals surface area contributed by atoms with Crippen molar-refractivity contribution in [1.82, 2.24) is 15.2 Å². The lowest BCUT2D eigenvalue weighted by atomic mass is 10.1. The summed E-state index contributed by atoms with van der Waals surface area (Å²) in [4.78, 5) is 18.9. The number of carbonyl (C=O) groups is 1. The average molecular weight is 327 g/mol. The summed E-state index contributed by atoms with van der Waals surface area (Å²) < 4.78 is 5.34. The minimum absolute atomic E-state index is 0.0994. The van der Waals surface area contributed by atoms with Crippen molar-refractivity contribution >= 4 is 5.91 Å². The number of amides is 1. The smallest absolute Gasteiger partial charge is 0.251 e. The van der Waals surface area contributed by atoms with Crippen molar-refractivity contribution in [2.24, 2.45) is 0 Å². The van der Waals surface area contributed by atoms with E-state index in [0.717, 1.165) is 28.9 Å². The predicted octanol–water partition coefficient (Wildman–Crippen LogP) is 2.70. The average Bonchev–Trinajstić information content (AvgIpc) is 2.52. The number of benzene rings is 1. The molecule has 1 amide bonds. The van der Waals surface area contributed by atoms with Gasteiger partial charge in [0.1, 0.15) is 0 Å². The Balaban J connectivity index is 2.11. The van der Waals surface area contributed by atoms with Crippen LogP contribution in [0.3, 0.4) is 0 Å². The Hall–Kier alpha value is -2.40. The molecule has 0 aliphatic carbocycles. The molecule has 0 aliphatic heterocycles. The fourth-order valence-corrected chi connectivity index (χ4v) is 2.66. The van der Waals surface area contributed by atoms with Gasteiger partial charge in [-0.1, -0.05) is 12.1 Å². The molecule has 0 fully saturated rings. The molecule has 5 nitrogen and oxygen atoms in total. The number of aryl methyl sites for hydroxylation is 2. The van der Waals surface area contributed by atoms with E-state index < -0.39 is 0 Å². The normalized spacial score (nSPS) is 10.8. The summed E-state index contributed by atoms with van der Waals surface area (Å²) >= 11 is 0. The van der Waals surface area contributed by atoms with E-state index in [4.69, 9.17) is 4.74 Å². The molecule has 1 N–H and O–H groups in total. The molecule has 1 aromatic carbocycles. The molecule has 0 atom stereocenters. The highest BCUT2D eigenvalue weighted by atomic mass is 16.5. The van der Waals surface area contributed by atoms with E-state index in [1.165, 1.54) is 0 Å². The second kappa shape index (κ2) is 7.93. The van der Waals surface area contributed by atoms with Gasteiger partial charge in [0.05, 0.1) is 7.11 Å². The van der Waals surface area contributed by atoms with Crippen LogP contribution in [0.4, 0.5) is 0 Å². The van der Waals surface area contributed by atoms with E-state index in [9.17, 15) is 4.79 Å². The number of nitrogens with one attached hydrogen (secondary N) is 1. The third-order valence-electron chi connectivity index (χ3n) is 3.74. The van der Waals surface area contributed by atoms with Crippen LogP contribution in [0.15, 0.2) is 30.3 Å². The van der Waals surface area contributed by atoms with E-state index in [2.05, 4.69) is 15.2 Å². The zero-order valence-electron chi connectivity index (χ0n) is 15.0. The summed E-state index contributed by atoms with van der Waals surface area (Å²) in [7, 11) is 5.61. The van der Waals surface area contributed by atoms with Crippen molar-refractivity contribution in [2.45, 2.75) is 26.9 Å². The van der Waals surface area contributed by atoms with Crippen LogP contribution in [0.25, 0.3) is 0 Å². The molecule has 2 rings (SSSR count). The Kier molecular flexibility index (Phi) is 5.93. The third-order valence-corrected chi connectivity index (χ3v) is 3.74. The minimum atomic E-state index is -0.0994. The van der Waals surface area contributed by atoms with Gasteiger partial charge in [0.2, 0.25) is 5.88 Å². The monoisotopic (exact) mass is 327 g/mol. The number of hydrogen-bond acceptors (Lipinski definition) is 4. The summed E-state index contributed by atoms with van der Waals surface area (Å²) in [5.41, 5.74) is 4.63. The number of carbonyl (C=O) groups excluding carboxylic acids is 1. The molecule has 128 valence electrons. The molecule has 5 heteroatoms. The van der Waals surface area contributed by atoms with Gasteiger partial charge in [-0.3, -0.25) is 4.79 Å². The first-order valence-electron chi connectivity index (χ1n) is 7.93. The molecule has 2 aromatic rings. The highest BCUT2D eigenvalue weighted by Gasteiger charge is 2.12. The van der Waals surface area contributed by atoms with Crippen molar-refractivity contribution in [3.05, 3.63) is 58.3 Å². The van der Waals surface area contributed by atoms with Gasteiger partial charge in [0.25, 0.3) is 5.91 Å². The topological polar surface area (TPSA) is 54.5 Å². The molecule has 0 unspecified atom stereocenters. The maximum atomic E-state index is 12.4. The molecule has 0 aliphatic rings. The van der Waals surface area contributed by atoms with Crippen LogP contribution in [0.5, 0.6) is 5.88 Å². The third kappa shape index (κ3) is 4.55. The fraction of sp³-hybridized carbons (Fsp3) is 0.368. The minimum Gasteiger partial charge on any atom is -0.481 e. The van der Waals surface area contributed by atoms with Crippen molar-refractivity contribution < 1.29 is 9.53 Å². The highest BCUT2D eigenvalue weighted by Crippen LogP contribution is 2.20. The maximum Gasteiger partial charge on any atom is 0.251 e. The first kappa shape index (κ1) is 17.9. The standard InChI is InChI=1S/C19H25N3O2/c1-13-9-14(2)21-19(24-5)17(13)11-20-18(23)16-8-6-7-15(10-16)12-22(3)4/h6-10H,11-12H2,1-5H3,(H,20,23). The molecule has 0 radical (unpaired) electrons. The Morgan fingerprint density at radius 1 is 1.25 bits per heavy atom. The number of hydrogen-bond donors (Lipinski definition) is 1. The Morgan fingerprint density at radius 2 is 2.00 bits per heavy atom. The predicted molar refractivity (Wildman–Crippen MR) is 95.3 cm³/mol. The largest absolute Gasteiger partial charge is 0.481 e. The number of methoxy groups -OCH3 is 1. The first-order valence-corrected chi connectivity index (χ1v) is 7.93. The molecule has 1 heterocycles. The lowest BCUT2D eigenvalue weighted by Gasteiger charge is -2.14. The highest BCUT2D eigenvalue weighted by molar-refractivity contribution is 5.94. The second-order valence-corrected chi connectivity index (χ2v) is 6.19. The second-order valence-electron chi connectivity index (χ2n) is 6.19. The van der Waals surface area contributed by atoms with Crippen molar-refractivity contribution in [3.8, 4) is 5.88 Å². The van der Waals surface area contributed by atoms with Crippen LogP contribution in [0.1, 0.15) is 32.7 Å². The van der Waals surface area contributed by atoms with Gasteiger partial charge >= 0.3 is 0 Å². The molecular formula is C19H25N3O2.